The molecule has 66 valence electrons. The summed E-state index contributed by atoms with van der Waals surface area (Å²) < 4.78 is 0. The second-order valence-electron chi connectivity index (χ2n) is 2.81. The van der Waals surface area contributed by atoms with Gasteiger partial charge in [0, 0.05) is 12.4 Å². The van der Waals surface area contributed by atoms with E-state index < -0.39 is 0 Å². The van der Waals surface area contributed by atoms with Crippen LogP contribution in [0.5, 0.6) is 0 Å². The van der Waals surface area contributed by atoms with Crippen LogP contribution in [0.2, 0.25) is 0 Å². The van der Waals surface area contributed by atoms with Gasteiger partial charge in [-0.2, -0.15) is 0 Å². The van der Waals surface area contributed by atoms with Crippen LogP contribution in [0.1, 0.15) is 12.5 Å². The lowest BCUT2D eigenvalue weighted by molar-refractivity contribution is 1.10. The first kappa shape index (κ1) is 7.91. The molecule has 0 saturated heterocycles. The third kappa shape index (κ3) is 1.20. The maximum absolute atomic E-state index is 5.69. The highest BCUT2D eigenvalue weighted by molar-refractivity contribution is 5.89. The van der Waals surface area contributed by atoms with E-state index in [1.807, 2.05) is 0 Å². The maximum Gasteiger partial charge on any atom is 0.134 e. The minimum absolute atomic E-state index is 0.493. The summed E-state index contributed by atoms with van der Waals surface area (Å²) in [7, 11) is 0. The van der Waals surface area contributed by atoms with Crippen molar-refractivity contribution in [3.05, 3.63) is 24.3 Å². The fourth-order valence-electron chi connectivity index (χ4n) is 1.31. The Balaban J connectivity index is 2.84. The van der Waals surface area contributed by atoms with E-state index in [1.165, 1.54) is 6.33 Å². The number of anilines is 1. The first-order chi connectivity index (χ1) is 6.33. The Morgan fingerprint density at radius 1 is 1.31 bits per heavy atom. The van der Waals surface area contributed by atoms with E-state index in [0.717, 1.165) is 22.9 Å². The van der Waals surface area contributed by atoms with E-state index in [0.29, 0.717) is 5.82 Å². The number of aromatic nitrogens is 3. The van der Waals surface area contributed by atoms with Gasteiger partial charge in [0.2, 0.25) is 0 Å². The molecular weight excluding hydrogens is 164 g/mol. The normalized spacial score (nSPS) is 10.5. The minimum Gasteiger partial charge on any atom is -0.383 e. The lowest BCUT2D eigenvalue weighted by Crippen LogP contribution is -1.96. The van der Waals surface area contributed by atoms with Gasteiger partial charge in [-0.05, 0) is 12.0 Å². The predicted octanol–water partition coefficient (Wildman–Crippen LogP) is 1.17. The number of hydrogen-bond acceptors (Lipinski definition) is 4. The third-order valence-corrected chi connectivity index (χ3v) is 2.03. The molecule has 2 aromatic heterocycles. The van der Waals surface area contributed by atoms with Crippen LogP contribution in [-0.4, -0.2) is 15.0 Å². The van der Waals surface area contributed by atoms with E-state index in [4.69, 9.17) is 5.73 Å². The van der Waals surface area contributed by atoms with Crippen molar-refractivity contribution in [1.82, 2.24) is 15.0 Å². The summed E-state index contributed by atoms with van der Waals surface area (Å²) in [6.07, 6.45) is 5.90. The summed E-state index contributed by atoms with van der Waals surface area (Å²) in [6.45, 7) is 2.06. The van der Waals surface area contributed by atoms with Crippen molar-refractivity contribution in [1.29, 1.82) is 0 Å². The molecule has 0 aliphatic carbocycles. The number of nitrogen functional groups attached to an aromatic ring is 1. The summed E-state index contributed by atoms with van der Waals surface area (Å²) in [5, 5.41) is 0.835. The van der Waals surface area contributed by atoms with Crippen LogP contribution in [0, 0.1) is 0 Å². The van der Waals surface area contributed by atoms with Crippen LogP contribution in [-0.2, 0) is 6.42 Å². The van der Waals surface area contributed by atoms with Crippen molar-refractivity contribution < 1.29 is 0 Å². The smallest absolute Gasteiger partial charge is 0.134 e. The van der Waals surface area contributed by atoms with E-state index in [-0.39, 0.29) is 0 Å². The molecule has 0 aliphatic heterocycles. The molecular formula is C9H10N4. The number of pyridine rings is 1. The molecule has 2 aromatic rings. The van der Waals surface area contributed by atoms with E-state index in [9.17, 15) is 0 Å². The van der Waals surface area contributed by atoms with Crippen molar-refractivity contribution in [2.75, 3.05) is 5.73 Å². The summed E-state index contributed by atoms with van der Waals surface area (Å²) >= 11 is 0. The van der Waals surface area contributed by atoms with Crippen LogP contribution in [0.4, 0.5) is 5.82 Å². The van der Waals surface area contributed by atoms with Gasteiger partial charge in [-0.1, -0.05) is 6.92 Å². The second kappa shape index (κ2) is 2.97. The van der Waals surface area contributed by atoms with Crippen molar-refractivity contribution in [2.45, 2.75) is 13.3 Å². The van der Waals surface area contributed by atoms with Crippen LogP contribution in [0.15, 0.2) is 18.7 Å². The molecule has 0 atom stereocenters. The Kier molecular flexibility index (Phi) is 1.81. The molecule has 0 aromatic carbocycles. The van der Waals surface area contributed by atoms with Crippen molar-refractivity contribution in [3.63, 3.8) is 0 Å². The van der Waals surface area contributed by atoms with Crippen LogP contribution < -0.4 is 5.73 Å². The first-order valence-corrected chi connectivity index (χ1v) is 4.16. The lowest BCUT2D eigenvalue weighted by Gasteiger charge is -2.03. The number of nitrogens with two attached hydrogens (primary N) is 1. The van der Waals surface area contributed by atoms with Crippen LogP contribution in [0.25, 0.3) is 10.9 Å². The van der Waals surface area contributed by atoms with E-state index in [1.54, 1.807) is 12.4 Å². The molecule has 2 N–H and O–H groups in total. The Labute approximate surface area is 75.8 Å². The van der Waals surface area contributed by atoms with Gasteiger partial charge in [0.15, 0.2) is 0 Å². The number of aryl methyl sites for hydroxylation is 1. The lowest BCUT2D eigenvalue weighted by atomic mass is 10.1. The highest BCUT2D eigenvalue weighted by Crippen LogP contribution is 2.18. The molecule has 0 bridgehead atoms. The maximum atomic E-state index is 5.69. The van der Waals surface area contributed by atoms with Crippen molar-refractivity contribution in [3.8, 4) is 0 Å². The summed E-state index contributed by atoms with van der Waals surface area (Å²) in [4.78, 5) is 12.2. The number of rotatable bonds is 1. The van der Waals surface area contributed by atoms with Crippen molar-refractivity contribution >= 4 is 16.7 Å². The number of nitrogens with zero attached hydrogens (tertiary/aromatic N) is 3. The molecule has 2 heterocycles. The Bertz CT molecular complexity index is 439. The molecule has 0 saturated carbocycles. The Morgan fingerprint density at radius 2 is 2.15 bits per heavy atom. The topological polar surface area (TPSA) is 64.7 Å². The standard InChI is InChI=1S/C9H10N4/c1-2-6-3-12-9(10)7-4-11-5-13-8(6)7/h3-5H,2H2,1H3,(H2,10,12). The molecule has 0 spiro atoms. The molecule has 0 amide bonds. The van der Waals surface area contributed by atoms with E-state index >= 15 is 0 Å². The zero-order valence-electron chi connectivity index (χ0n) is 7.36. The molecule has 4 nitrogen and oxygen atoms in total. The molecule has 0 aliphatic rings. The van der Waals surface area contributed by atoms with Gasteiger partial charge in [-0.3, -0.25) is 0 Å². The quantitative estimate of drug-likeness (QED) is 0.704. The van der Waals surface area contributed by atoms with Gasteiger partial charge in [0.1, 0.15) is 12.1 Å². The van der Waals surface area contributed by atoms with Gasteiger partial charge in [-0.25, -0.2) is 15.0 Å². The highest BCUT2D eigenvalue weighted by atomic mass is 14.9. The fraction of sp³-hybridized carbons (Fsp3) is 0.222. The Hall–Kier alpha value is -1.71. The molecule has 0 radical (unpaired) electrons. The van der Waals surface area contributed by atoms with Gasteiger partial charge < -0.3 is 5.73 Å². The average Bonchev–Trinajstić information content (AvgIpc) is 2.19. The van der Waals surface area contributed by atoms with Crippen molar-refractivity contribution in [2.24, 2.45) is 0 Å². The summed E-state index contributed by atoms with van der Waals surface area (Å²) in [5.74, 6) is 0.493. The monoisotopic (exact) mass is 174 g/mol. The number of fused-ring (bicyclic) bond motifs is 1. The SMILES string of the molecule is CCc1cnc(N)c2cncnc12. The van der Waals surface area contributed by atoms with E-state index in [2.05, 4.69) is 21.9 Å². The zero-order valence-corrected chi connectivity index (χ0v) is 7.36. The zero-order chi connectivity index (χ0) is 9.26. The first-order valence-electron chi connectivity index (χ1n) is 4.16. The van der Waals surface area contributed by atoms with Gasteiger partial charge in [0.25, 0.3) is 0 Å². The Morgan fingerprint density at radius 3 is 2.92 bits per heavy atom. The third-order valence-electron chi connectivity index (χ3n) is 2.03. The highest BCUT2D eigenvalue weighted by Gasteiger charge is 2.04. The summed E-state index contributed by atoms with van der Waals surface area (Å²) in [5.41, 5.74) is 7.70. The molecule has 13 heavy (non-hydrogen) atoms. The van der Waals surface area contributed by atoms with Crippen LogP contribution in [0.3, 0.4) is 0 Å². The largest absolute Gasteiger partial charge is 0.383 e. The van der Waals surface area contributed by atoms with Crippen LogP contribution >= 0.6 is 0 Å². The molecule has 2 rings (SSSR count). The van der Waals surface area contributed by atoms with Gasteiger partial charge in [-0.15, -0.1) is 0 Å². The molecule has 4 heteroatoms. The van der Waals surface area contributed by atoms with Gasteiger partial charge >= 0.3 is 0 Å². The van der Waals surface area contributed by atoms with Gasteiger partial charge in [0.05, 0.1) is 10.9 Å². The molecule has 0 unspecified atom stereocenters. The number of hydrogen-bond donors (Lipinski definition) is 1. The molecule has 0 fully saturated rings. The second-order valence-corrected chi connectivity index (χ2v) is 2.81. The average molecular weight is 174 g/mol. The minimum atomic E-state index is 0.493. The fourth-order valence-corrected chi connectivity index (χ4v) is 1.31. The predicted molar refractivity (Wildman–Crippen MR) is 51.1 cm³/mol. The summed E-state index contributed by atoms with van der Waals surface area (Å²) in [6, 6.07) is 0.